The lowest BCUT2D eigenvalue weighted by Crippen LogP contribution is -2.27. The van der Waals surface area contributed by atoms with Crippen LogP contribution in [0.5, 0.6) is 0 Å². The van der Waals surface area contributed by atoms with Gasteiger partial charge in [-0.2, -0.15) is 5.10 Å². The third-order valence-corrected chi connectivity index (χ3v) is 3.30. The number of para-hydroxylation sites is 1. The molecule has 0 radical (unpaired) electrons. The van der Waals surface area contributed by atoms with Crippen molar-refractivity contribution in [2.45, 2.75) is 6.54 Å². The summed E-state index contributed by atoms with van der Waals surface area (Å²) in [6.07, 6.45) is 1.17. The smallest absolute Gasteiger partial charge is 0.339 e. The van der Waals surface area contributed by atoms with Crippen LogP contribution < -0.4 is 10.2 Å². The highest BCUT2D eigenvalue weighted by molar-refractivity contribution is 6.03. The molecule has 1 aromatic heterocycles. The number of carbonyl (C=O) groups excluding carboxylic acids is 1. The molecule has 0 fully saturated rings. The molecule has 0 unspecified atom stereocenters. The van der Waals surface area contributed by atoms with Crippen LogP contribution in [0.4, 0.5) is 5.69 Å². The van der Waals surface area contributed by atoms with Crippen molar-refractivity contribution in [3.63, 3.8) is 0 Å². The molecule has 0 aliphatic heterocycles. The van der Waals surface area contributed by atoms with Gasteiger partial charge in [0.25, 0.3) is 5.91 Å². The molecule has 0 aliphatic carbocycles. The number of rotatable bonds is 5. The van der Waals surface area contributed by atoms with Gasteiger partial charge in [-0.05, 0) is 11.6 Å². The average Bonchev–Trinajstić information content (AvgIpc) is 2.87. The molecule has 116 valence electrons. The summed E-state index contributed by atoms with van der Waals surface area (Å²) in [5.41, 5.74) is 1.86. The first-order valence-corrected chi connectivity index (χ1v) is 6.70. The molecule has 0 saturated carbocycles. The van der Waals surface area contributed by atoms with Crippen LogP contribution in [0.15, 0.2) is 30.5 Å². The third-order valence-electron chi connectivity index (χ3n) is 3.30. The van der Waals surface area contributed by atoms with Crippen molar-refractivity contribution in [3.05, 3.63) is 47.3 Å². The summed E-state index contributed by atoms with van der Waals surface area (Å²) < 4.78 is 1.26. The number of aromatic carboxylic acids is 1. The Bertz CT molecular complexity index is 707. The summed E-state index contributed by atoms with van der Waals surface area (Å²) in [7, 11) is 5.38. The zero-order valence-corrected chi connectivity index (χ0v) is 12.7. The summed E-state index contributed by atoms with van der Waals surface area (Å²) in [6, 6.07) is 7.68. The average molecular weight is 302 g/mol. The van der Waals surface area contributed by atoms with Crippen LogP contribution >= 0.6 is 0 Å². The van der Waals surface area contributed by atoms with Gasteiger partial charge in [-0.25, -0.2) is 4.79 Å². The van der Waals surface area contributed by atoms with E-state index < -0.39 is 11.9 Å². The Morgan fingerprint density at radius 2 is 2.00 bits per heavy atom. The van der Waals surface area contributed by atoms with Gasteiger partial charge in [-0.1, -0.05) is 18.2 Å². The van der Waals surface area contributed by atoms with Crippen molar-refractivity contribution in [3.8, 4) is 0 Å². The van der Waals surface area contributed by atoms with E-state index in [0.717, 1.165) is 11.3 Å². The second-order valence-electron chi connectivity index (χ2n) is 5.04. The van der Waals surface area contributed by atoms with Crippen LogP contribution in [0.2, 0.25) is 0 Å². The van der Waals surface area contributed by atoms with E-state index in [2.05, 4.69) is 10.4 Å². The Hall–Kier alpha value is -2.83. The lowest BCUT2D eigenvalue weighted by Gasteiger charge is -2.17. The minimum Gasteiger partial charge on any atom is -0.478 e. The van der Waals surface area contributed by atoms with E-state index >= 15 is 0 Å². The number of aryl methyl sites for hydroxylation is 1. The number of anilines is 1. The fraction of sp³-hybridized carbons (Fsp3) is 0.267. The molecule has 22 heavy (non-hydrogen) atoms. The second kappa shape index (κ2) is 6.30. The van der Waals surface area contributed by atoms with Crippen molar-refractivity contribution in [1.82, 2.24) is 15.1 Å². The summed E-state index contributed by atoms with van der Waals surface area (Å²) in [5.74, 6) is -1.64. The van der Waals surface area contributed by atoms with Gasteiger partial charge in [0, 0.05) is 33.4 Å². The summed E-state index contributed by atoms with van der Waals surface area (Å²) >= 11 is 0. The molecule has 2 aromatic rings. The number of nitrogens with zero attached hydrogens (tertiary/aromatic N) is 3. The number of benzene rings is 1. The molecule has 2 N–H and O–H groups in total. The molecule has 1 aromatic carbocycles. The predicted octanol–water partition coefficient (Wildman–Crippen LogP) is 1.11. The number of nitrogens with one attached hydrogen (secondary N) is 1. The third kappa shape index (κ3) is 3.08. The molecule has 0 bridgehead atoms. The number of hydrogen-bond donors (Lipinski definition) is 2. The maximum Gasteiger partial charge on any atom is 0.339 e. The van der Waals surface area contributed by atoms with Crippen LogP contribution in [0.1, 0.15) is 26.4 Å². The van der Waals surface area contributed by atoms with Crippen LogP contribution in [0.25, 0.3) is 0 Å². The van der Waals surface area contributed by atoms with E-state index in [1.807, 2.05) is 43.3 Å². The van der Waals surface area contributed by atoms with E-state index in [4.69, 9.17) is 5.11 Å². The Labute approximate surface area is 128 Å². The molecule has 2 rings (SSSR count). The maximum atomic E-state index is 12.3. The zero-order valence-electron chi connectivity index (χ0n) is 12.7. The van der Waals surface area contributed by atoms with E-state index in [0.29, 0.717) is 6.54 Å². The number of carboxylic acid groups (broad SMARTS) is 1. The van der Waals surface area contributed by atoms with Crippen molar-refractivity contribution >= 4 is 17.6 Å². The highest BCUT2D eigenvalue weighted by Crippen LogP contribution is 2.17. The van der Waals surface area contributed by atoms with Crippen molar-refractivity contribution in [2.24, 2.45) is 7.05 Å². The highest BCUT2D eigenvalue weighted by atomic mass is 16.4. The quantitative estimate of drug-likeness (QED) is 0.864. The zero-order chi connectivity index (χ0) is 16.3. The van der Waals surface area contributed by atoms with Gasteiger partial charge in [0.1, 0.15) is 11.3 Å². The topological polar surface area (TPSA) is 87.5 Å². The van der Waals surface area contributed by atoms with Crippen LogP contribution in [0, 0.1) is 0 Å². The molecule has 1 amide bonds. The highest BCUT2D eigenvalue weighted by Gasteiger charge is 2.21. The molecule has 0 aliphatic rings. The lowest BCUT2D eigenvalue weighted by atomic mass is 10.1. The van der Waals surface area contributed by atoms with Crippen LogP contribution in [-0.4, -0.2) is 40.9 Å². The first kappa shape index (κ1) is 15.6. The SMILES string of the molecule is CN(C)c1ccccc1CNC(=O)c1c(C(=O)O)cnn1C. The number of carbonyl (C=O) groups is 2. The molecular weight excluding hydrogens is 284 g/mol. The number of hydrogen-bond acceptors (Lipinski definition) is 4. The van der Waals surface area contributed by atoms with Crippen LogP contribution in [0.3, 0.4) is 0 Å². The number of aromatic nitrogens is 2. The molecular formula is C15H18N4O3. The van der Waals surface area contributed by atoms with Crippen LogP contribution in [-0.2, 0) is 13.6 Å². The van der Waals surface area contributed by atoms with Crippen molar-refractivity contribution in [1.29, 1.82) is 0 Å². The van der Waals surface area contributed by atoms with Crippen molar-refractivity contribution in [2.75, 3.05) is 19.0 Å². The summed E-state index contributed by atoms with van der Waals surface area (Å²) in [6.45, 7) is 0.303. The summed E-state index contributed by atoms with van der Waals surface area (Å²) in [5, 5.41) is 15.7. The van der Waals surface area contributed by atoms with Crippen molar-refractivity contribution < 1.29 is 14.7 Å². The maximum absolute atomic E-state index is 12.3. The molecule has 7 heteroatoms. The first-order chi connectivity index (χ1) is 10.4. The monoisotopic (exact) mass is 302 g/mol. The number of amides is 1. The standard InChI is InChI=1S/C15H18N4O3/c1-18(2)12-7-5-4-6-10(12)8-16-14(20)13-11(15(21)22)9-17-19(13)3/h4-7,9H,8H2,1-3H3,(H,16,20)(H,21,22). The molecule has 7 nitrogen and oxygen atoms in total. The largest absolute Gasteiger partial charge is 0.478 e. The fourth-order valence-corrected chi connectivity index (χ4v) is 2.22. The van der Waals surface area contributed by atoms with E-state index in [-0.39, 0.29) is 11.3 Å². The van der Waals surface area contributed by atoms with Gasteiger partial charge in [0.15, 0.2) is 0 Å². The Balaban J connectivity index is 2.18. The lowest BCUT2D eigenvalue weighted by molar-refractivity contribution is 0.0690. The number of carboxylic acids is 1. The minimum atomic E-state index is -1.17. The normalized spacial score (nSPS) is 10.3. The minimum absolute atomic E-state index is 0.0369. The molecule has 0 saturated heterocycles. The summed E-state index contributed by atoms with van der Waals surface area (Å²) in [4.78, 5) is 25.3. The molecule has 0 spiro atoms. The first-order valence-electron chi connectivity index (χ1n) is 6.70. The second-order valence-corrected chi connectivity index (χ2v) is 5.04. The Kier molecular flexibility index (Phi) is 4.45. The van der Waals surface area contributed by atoms with E-state index in [1.165, 1.54) is 17.9 Å². The van der Waals surface area contributed by atoms with Gasteiger partial charge in [0.2, 0.25) is 0 Å². The Morgan fingerprint density at radius 3 is 2.64 bits per heavy atom. The van der Waals surface area contributed by atoms with Gasteiger partial charge in [0.05, 0.1) is 6.20 Å². The molecule has 0 atom stereocenters. The van der Waals surface area contributed by atoms with E-state index in [9.17, 15) is 9.59 Å². The fourth-order valence-electron chi connectivity index (χ4n) is 2.22. The van der Waals surface area contributed by atoms with Gasteiger partial charge >= 0.3 is 5.97 Å². The Morgan fingerprint density at radius 1 is 1.32 bits per heavy atom. The van der Waals surface area contributed by atoms with Gasteiger partial charge in [-0.15, -0.1) is 0 Å². The molecule has 1 heterocycles. The van der Waals surface area contributed by atoms with E-state index in [1.54, 1.807) is 0 Å². The van der Waals surface area contributed by atoms with Gasteiger partial charge < -0.3 is 15.3 Å². The predicted molar refractivity (Wildman–Crippen MR) is 82.1 cm³/mol. The van der Waals surface area contributed by atoms with Gasteiger partial charge in [-0.3, -0.25) is 9.48 Å².